The van der Waals surface area contributed by atoms with Crippen molar-refractivity contribution in [2.24, 2.45) is 5.92 Å². The quantitative estimate of drug-likeness (QED) is 0.818. The van der Waals surface area contributed by atoms with Crippen LogP contribution in [0.5, 0.6) is 0 Å². The number of benzene rings is 1. The lowest BCUT2D eigenvalue weighted by atomic mass is 9.85. The fraction of sp³-hybridized carbons (Fsp3) is 0.444. The van der Waals surface area contributed by atoms with Crippen molar-refractivity contribution in [1.82, 2.24) is 14.9 Å². The second kappa shape index (κ2) is 7.85. The van der Waals surface area contributed by atoms with Gasteiger partial charge in [0, 0.05) is 42.2 Å². The molecule has 1 amide bonds. The molecule has 0 saturated heterocycles. The van der Waals surface area contributed by atoms with Gasteiger partial charge in [-0.15, -0.1) is 0 Å². The molecule has 1 aromatic carbocycles. The minimum absolute atomic E-state index is 0.0647. The van der Waals surface area contributed by atoms with Crippen molar-refractivity contribution in [3.05, 3.63) is 42.2 Å². The van der Waals surface area contributed by atoms with Crippen LogP contribution in [-0.2, 0) is 0 Å². The lowest BCUT2D eigenvalue weighted by molar-refractivity contribution is 0.0872. The highest BCUT2D eigenvalue weighted by molar-refractivity contribution is 7.98. The third-order valence-corrected chi connectivity index (χ3v) is 5.30. The Morgan fingerprint density at radius 3 is 3.04 bits per heavy atom. The maximum absolute atomic E-state index is 12.6. The third kappa shape index (κ3) is 3.65. The van der Waals surface area contributed by atoms with Crippen LogP contribution in [-0.4, -0.2) is 39.5 Å². The average molecular weight is 345 g/mol. The van der Waals surface area contributed by atoms with E-state index in [1.165, 1.54) is 0 Å². The Balaban J connectivity index is 1.77. The van der Waals surface area contributed by atoms with E-state index in [0.29, 0.717) is 5.56 Å². The number of carbonyl (C=O) groups is 1. The van der Waals surface area contributed by atoms with Gasteiger partial charge in [0.1, 0.15) is 0 Å². The van der Waals surface area contributed by atoms with Gasteiger partial charge in [-0.1, -0.05) is 30.7 Å². The molecule has 0 radical (unpaired) electrons. The smallest absolute Gasteiger partial charge is 0.251 e. The first-order chi connectivity index (χ1) is 11.7. The number of rotatable bonds is 5. The molecule has 1 aliphatic carbocycles. The van der Waals surface area contributed by atoms with Gasteiger partial charge in [0.05, 0.1) is 0 Å². The minimum atomic E-state index is -0.0759. The predicted octanol–water partition coefficient (Wildman–Crippen LogP) is 2.88. The molecule has 1 aromatic heterocycles. The number of amides is 1. The molecular weight excluding hydrogens is 322 g/mol. The standard InChI is InChI=1S/C18H23N3O2S/c1-24-18-19-9-10-21(18)15-7-4-6-13(11-15)17(23)20-16-8-3-2-5-14(16)12-22/h4,6-7,9-11,14,16,22H,2-3,5,8,12H2,1H3,(H,20,23). The van der Waals surface area contributed by atoms with Gasteiger partial charge < -0.3 is 10.4 Å². The highest BCUT2D eigenvalue weighted by Crippen LogP contribution is 2.24. The molecule has 2 aromatic rings. The summed E-state index contributed by atoms with van der Waals surface area (Å²) in [4.78, 5) is 16.9. The number of hydrogen-bond donors (Lipinski definition) is 2. The normalized spacial score (nSPS) is 20.8. The Morgan fingerprint density at radius 1 is 1.42 bits per heavy atom. The molecule has 1 heterocycles. The maximum Gasteiger partial charge on any atom is 0.251 e. The number of hydrogen-bond acceptors (Lipinski definition) is 4. The molecule has 2 N–H and O–H groups in total. The molecule has 2 unspecified atom stereocenters. The highest BCUT2D eigenvalue weighted by atomic mass is 32.2. The molecule has 3 rings (SSSR count). The molecule has 2 atom stereocenters. The zero-order valence-corrected chi connectivity index (χ0v) is 14.6. The maximum atomic E-state index is 12.6. The Bertz CT molecular complexity index is 701. The van der Waals surface area contributed by atoms with Crippen molar-refractivity contribution in [2.75, 3.05) is 12.9 Å². The predicted molar refractivity (Wildman–Crippen MR) is 95.6 cm³/mol. The number of aromatic nitrogens is 2. The summed E-state index contributed by atoms with van der Waals surface area (Å²) in [6.45, 7) is 0.136. The monoisotopic (exact) mass is 345 g/mol. The average Bonchev–Trinajstić information content (AvgIpc) is 3.11. The summed E-state index contributed by atoms with van der Waals surface area (Å²) < 4.78 is 1.97. The van der Waals surface area contributed by atoms with E-state index < -0.39 is 0 Å². The van der Waals surface area contributed by atoms with Gasteiger partial charge in [0.25, 0.3) is 5.91 Å². The van der Waals surface area contributed by atoms with E-state index in [4.69, 9.17) is 0 Å². The summed E-state index contributed by atoms with van der Waals surface area (Å²) >= 11 is 1.57. The van der Waals surface area contributed by atoms with E-state index >= 15 is 0 Å². The number of nitrogens with one attached hydrogen (secondary N) is 1. The van der Waals surface area contributed by atoms with Crippen LogP contribution in [0.15, 0.2) is 41.8 Å². The van der Waals surface area contributed by atoms with Gasteiger partial charge in [-0.25, -0.2) is 4.98 Å². The highest BCUT2D eigenvalue weighted by Gasteiger charge is 2.26. The van der Waals surface area contributed by atoms with Crippen LogP contribution in [0.25, 0.3) is 5.69 Å². The van der Waals surface area contributed by atoms with Crippen molar-refractivity contribution < 1.29 is 9.90 Å². The first kappa shape index (κ1) is 17.0. The van der Waals surface area contributed by atoms with Gasteiger partial charge in [-0.05, 0) is 37.3 Å². The van der Waals surface area contributed by atoms with Crippen LogP contribution >= 0.6 is 11.8 Å². The number of aliphatic hydroxyl groups is 1. The Kier molecular flexibility index (Phi) is 5.58. The summed E-state index contributed by atoms with van der Waals surface area (Å²) in [6.07, 6.45) is 9.78. The summed E-state index contributed by atoms with van der Waals surface area (Å²) in [5, 5.41) is 13.5. The topological polar surface area (TPSA) is 67.2 Å². The molecule has 1 fully saturated rings. The summed E-state index contributed by atoms with van der Waals surface area (Å²) in [6, 6.07) is 7.63. The van der Waals surface area contributed by atoms with E-state index in [1.54, 1.807) is 18.0 Å². The Labute approximate surface area is 146 Å². The van der Waals surface area contributed by atoms with Crippen LogP contribution < -0.4 is 5.32 Å². The van der Waals surface area contributed by atoms with Crippen LogP contribution in [0.3, 0.4) is 0 Å². The van der Waals surface area contributed by atoms with Gasteiger partial charge in [-0.3, -0.25) is 9.36 Å². The van der Waals surface area contributed by atoms with Crippen LogP contribution in [0.4, 0.5) is 0 Å². The zero-order valence-electron chi connectivity index (χ0n) is 13.8. The van der Waals surface area contributed by atoms with Gasteiger partial charge in [0.2, 0.25) is 0 Å². The van der Waals surface area contributed by atoms with Crippen LogP contribution in [0, 0.1) is 5.92 Å². The van der Waals surface area contributed by atoms with Crippen LogP contribution in [0.1, 0.15) is 36.0 Å². The van der Waals surface area contributed by atoms with E-state index in [1.807, 2.05) is 41.3 Å². The van der Waals surface area contributed by atoms with Crippen molar-refractivity contribution in [3.8, 4) is 5.69 Å². The van der Waals surface area contributed by atoms with Crippen molar-refractivity contribution in [2.45, 2.75) is 36.9 Å². The lowest BCUT2D eigenvalue weighted by Gasteiger charge is -2.30. The molecule has 0 bridgehead atoms. The number of carbonyl (C=O) groups excluding carboxylic acids is 1. The van der Waals surface area contributed by atoms with Crippen LogP contribution in [0.2, 0.25) is 0 Å². The summed E-state index contributed by atoms with van der Waals surface area (Å²) in [7, 11) is 0. The molecular formula is C18H23N3O2S. The van der Waals surface area contributed by atoms with Gasteiger partial charge in [0.15, 0.2) is 5.16 Å². The lowest BCUT2D eigenvalue weighted by Crippen LogP contribution is -2.43. The van der Waals surface area contributed by atoms with Gasteiger partial charge in [-0.2, -0.15) is 0 Å². The van der Waals surface area contributed by atoms with Crippen molar-refractivity contribution >= 4 is 17.7 Å². The molecule has 6 heteroatoms. The fourth-order valence-electron chi connectivity index (χ4n) is 3.30. The SMILES string of the molecule is CSc1nccn1-c1cccc(C(=O)NC2CCCCC2CO)c1. The van der Waals surface area contributed by atoms with Crippen molar-refractivity contribution in [3.63, 3.8) is 0 Å². The fourth-order valence-corrected chi connectivity index (χ4v) is 3.83. The number of nitrogens with zero attached hydrogens (tertiary/aromatic N) is 2. The molecule has 1 saturated carbocycles. The first-order valence-corrected chi connectivity index (χ1v) is 9.55. The van der Waals surface area contributed by atoms with E-state index in [9.17, 15) is 9.90 Å². The Hall–Kier alpha value is -1.79. The number of thioether (sulfide) groups is 1. The minimum Gasteiger partial charge on any atom is -0.396 e. The molecule has 5 nitrogen and oxygen atoms in total. The van der Waals surface area contributed by atoms with E-state index in [0.717, 1.165) is 36.5 Å². The molecule has 0 spiro atoms. The van der Waals surface area contributed by atoms with E-state index in [-0.39, 0.29) is 24.5 Å². The molecule has 128 valence electrons. The van der Waals surface area contributed by atoms with Crippen molar-refractivity contribution in [1.29, 1.82) is 0 Å². The largest absolute Gasteiger partial charge is 0.396 e. The third-order valence-electron chi connectivity index (χ3n) is 4.64. The molecule has 24 heavy (non-hydrogen) atoms. The summed E-state index contributed by atoms with van der Waals surface area (Å²) in [5.41, 5.74) is 1.56. The number of aliphatic hydroxyl groups excluding tert-OH is 1. The second-order valence-electron chi connectivity index (χ2n) is 6.14. The number of imidazole rings is 1. The summed E-state index contributed by atoms with van der Waals surface area (Å²) in [5.74, 6) is 0.0932. The second-order valence-corrected chi connectivity index (χ2v) is 6.91. The molecule has 0 aliphatic heterocycles. The van der Waals surface area contributed by atoms with E-state index in [2.05, 4.69) is 10.3 Å². The van der Waals surface area contributed by atoms with Gasteiger partial charge >= 0.3 is 0 Å². The zero-order chi connectivity index (χ0) is 16.9. The Morgan fingerprint density at radius 2 is 2.25 bits per heavy atom. The first-order valence-electron chi connectivity index (χ1n) is 8.32. The molecule has 1 aliphatic rings.